The monoisotopic (exact) mass is 464 g/mol. The molecule has 1 aliphatic heterocycles. The molecule has 0 spiro atoms. The summed E-state index contributed by atoms with van der Waals surface area (Å²) in [6, 6.07) is 4.21. The quantitative estimate of drug-likeness (QED) is 0.264. The van der Waals surface area contributed by atoms with Gasteiger partial charge in [-0.05, 0) is 31.9 Å². The van der Waals surface area contributed by atoms with Crippen LogP contribution in [0.3, 0.4) is 0 Å². The van der Waals surface area contributed by atoms with E-state index in [1.165, 1.54) is 5.69 Å². The van der Waals surface area contributed by atoms with Gasteiger partial charge in [-0.25, -0.2) is 0 Å². The average Bonchev–Trinajstić information content (AvgIpc) is 3.22. The molecule has 2 rings (SSSR count). The zero-order valence-corrected chi connectivity index (χ0v) is 18.1. The normalized spacial score (nSPS) is 17.4. The maximum absolute atomic E-state index is 5.73. The maximum Gasteiger partial charge on any atom is 0.194 e. The van der Waals surface area contributed by atoms with Gasteiger partial charge in [0.25, 0.3) is 0 Å². The summed E-state index contributed by atoms with van der Waals surface area (Å²) in [6.07, 6.45) is 4.15. The molecule has 1 fully saturated rings. The first-order chi connectivity index (χ1) is 11.7. The molecule has 1 atom stereocenters. The van der Waals surface area contributed by atoms with Crippen LogP contribution in [0, 0.1) is 5.92 Å². The SMILES string of the molecule is CCNC(=NCCCOCC1CCOC1)N(C)Cc1cccn1C.I. The van der Waals surface area contributed by atoms with Gasteiger partial charge in [-0.2, -0.15) is 0 Å². The van der Waals surface area contributed by atoms with E-state index in [4.69, 9.17) is 14.5 Å². The third kappa shape index (κ3) is 7.96. The molecule has 7 heteroatoms. The number of aromatic nitrogens is 1. The summed E-state index contributed by atoms with van der Waals surface area (Å²) in [5, 5.41) is 3.36. The highest BCUT2D eigenvalue weighted by Gasteiger charge is 2.15. The smallest absolute Gasteiger partial charge is 0.194 e. The van der Waals surface area contributed by atoms with Gasteiger partial charge in [-0.3, -0.25) is 4.99 Å². The largest absolute Gasteiger partial charge is 0.381 e. The number of guanidine groups is 1. The summed E-state index contributed by atoms with van der Waals surface area (Å²) in [7, 11) is 4.14. The molecular weight excluding hydrogens is 431 g/mol. The minimum atomic E-state index is 0. The van der Waals surface area contributed by atoms with E-state index in [-0.39, 0.29) is 24.0 Å². The van der Waals surface area contributed by atoms with E-state index in [9.17, 15) is 0 Å². The van der Waals surface area contributed by atoms with Crippen molar-refractivity contribution >= 4 is 29.9 Å². The van der Waals surface area contributed by atoms with E-state index in [0.717, 1.165) is 64.9 Å². The Bertz CT molecular complexity index is 501. The third-order valence-electron chi connectivity index (χ3n) is 4.23. The van der Waals surface area contributed by atoms with Crippen LogP contribution < -0.4 is 5.32 Å². The summed E-state index contributed by atoms with van der Waals surface area (Å²) >= 11 is 0. The van der Waals surface area contributed by atoms with Crippen molar-refractivity contribution in [1.82, 2.24) is 14.8 Å². The summed E-state index contributed by atoms with van der Waals surface area (Å²) < 4.78 is 13.2. The number of halogens is 1. The molecule has 0 aromatic carbocycles. The van der Waals surface area contributed by atoms with E-state index in [1.807, 2.05) is 0 Å². The first-order valence-electron chi connectivity index (χ1n) is 8.95. The van der Waals surface area contributed by atoms with Crippen LogP contribution in [0.4, 0.5) is 0 Å². The Morgan fingerprint density at radius 2 is 2.36 bits per heavy atom. The molecule has 1 unspecified atom stereocenters. The van der Waals surface area contributed by atoms with Crippen molar-refractivity contribution in [3.05, 3.63) is 24.0 Å². The van der Waals surface area contributed by atoms with Crippen molar-refractivity contribution in [3.63, 3.8) is 0 Å². The third-order valence-corrected chi connectivity index (χ3v) is 4.23. The molecule has 1 saturated heterocycles. The van der Waals surface area contributed by atoms with Gasteiger partial charge in [0.1, 0.15) is 0 Å². The molecule has 1 aromatic rings. The van der Waals surface area contributed by atoms with Crippen molar-refractivity contribution in [1.29, 1.82) is 0 Å². The van der Waals surface area contributed by atoms with Gasteiger partial charge < -0.3 is 24.3 Å². The summed E-state index contributed by atoms with van der Waals surface area (Å²) in [6.45, 7) is 7.91. The zero-order valence-electron chi connectivity index (χ0n) is 15.7. The van der Waals surface area contributed by atoms with Crippen LogP contribution in [0.1, 0.15) is 25.5 Å². The number of hydrogen-bond acceptors (Lipinski definition) is 3. The van der Waals surface area contributed by atoms with E-state index in [1.54, 1.807) is 0 Å². The van der Waals surface area contributed by atoms with Gasteiger partial charge in [0.15, 0.2) is 5.96 Å². The molecule has 0 aliphatic carbocycles. The van der Waals surface area contributed by atoms with Gasteiger partial charge in [-0.1, -0.05) is 0 Å². The highest BCUT2D eigenvalue weighted by atomic mass is 127. The number of rotatable bonds is 9. The predicted molar refractivity (Wildman–Crippen MR) is 113 cm³/mol. The van der Waals surface area contributed by atoms with Crippen LogP contribution >= 0.6 is 24.0 Å². The van der Waals surface area contributed by atoms with Crippen LogP contribution in [-0.4, -0.2) is 62.0 Å². The van der Waals surface area contributed by atoms with Crippen LogP contribution in [0.15, 0.2) is 23.3 Å². The topological polar surface area (TPSA) is 51.0 Å². The Morgan fingerprint density at radius 1 is 1.52 bits per heavy atom. The Hall–Kier alpha value is -0.800. The van der Waals surface area contributed by atoms with Gasteiger partial charge in [0, 0.05) is 58.2 Å². The van der Waals surface area contributed by atoms with Crippen molar-refractivity contribution in [2.24, 2.45) is 18.0 Å². The van der Waals surface area contributed by atoms with Gasteiger partial charge in [0.05, 0.1) is 19.8 Å². The molecule has 0 amide bonds. The number of nitrogens with one attached hydrogen (secondary N) is 1. The van der Waals surface area contributed by atoms with Crippen molar-refractivity contribution in [2.75, 3.05) is 46.6 Å². The fourth-order valence-electron chi connectivity index (χ4n) is 2.76. The Balaban J connectivity index is 0.00000312. The number of aliphatic imine (C=N–C) groups is 1. The molecule has 6 nitrogen and oxygen atoms in total. The fraction of sp³-hybridized carbons (Fsp3) is 0.722. The molecule has 0 radical (unpaired) electrons. The number of nitrogens with zero attached hydrogens (tertiary/aromatic N) is 3. The number of aryl methyl sites for hydroxylation is 1. The van der Waals surface area contributed by atoms with Gasteiger partial charge in [0.2, 0.25) is 0 Å². The molecule has 0 saturated carbocycles. The molecule has 1 aliphatic rings. The van der Waals surface area contributed by atoms with Crippen LogP contribution in [0.25, 0.3) is 0 Å². The maximum atomic E-state index is 5.73. The molecule has 0 bridgehead atoms. The zero-order chi connectivity index (χ0) is 17.2. The second-order valence-corrected chi connectivity index (χ2v) is 6.36. The first kappa shape index (κ1) is 22.2. The lowest BCUT2D eigenvalue weighted by molar-refractivity contribution is 0.0893. The fourth-order valence-corrected chi connectivity index (χ4v) is 2.76. The van der Waals surface area contributed by atoms with Crippen molar-refractivity contribution in [3.8, 4) is 0 Å². The lowest BCUT2D eigenvalue weighted by Crippen LogP contribution is -2.39. The highest BCUT2D eigenvalue weighted by Crippen LogP contribution is 2.12. The van der Waals surface area contributed by atoms with Crippen LogP contribution in [-0.2, 0) is 23.1 Å². The molecule has 1 N–H and O–H groups in total. The van der Waals surface area contributed by atoms with Crippen molar-refractivity contribution in [2.45, 2.75) is 26.3 Å². The molecule has 1 aromatic heterocycles. The lowest BCUT2D eigenvalue weighted by atomic mass is 10.1. The van der Waals surface area contributed by atoms with Crippen LogP contribution in [0.5, 0.6) is 0 Å². The minimum Gasteiger partial charge on any atom is -0.381 e. The Morgan fingerprint density at radius 3 is 3.00 bits per heavy atom. The second-order valence-electron chi connectivity index (χ2n) is 6.36. The molecular formula is C18H33IN4O2. The Kier molecular flexibility index (Phi) is 11.2. The van der Waals surface area contributed by atoms with E-state index in [0.29, 0.717) is 5.92 Å². The summed E-state index contributed by atoms with van der Waals surface area (Å²) in [5.41, 5.74) is 1.27. The second kappa shape index (κ2) is 12.5. The molecule has 144 valence electrons. The Labute approximate surface area is 169 Å². The average molecular weight is 464 g/mol. The van der Waals surface area contributed by atoms with Crippen LogP contribution in [0.2, 0.25) is 0 Å². The number of hydrogen-bond donors (Lipinski definition) is 1. The minimum absolute atomic E-state index is 0. The van der Waals surface area contributed by atoms with E-state index in [2.05, 4.69) is 54.1 Å². The highest BCUT2D eigenvalue weighted by molar-refractivity contribution is 14.0. The molecule has 25 heavy (non-hydrogen) atoms. The predicted octanol–water partition coefficient (Wildman–Crippen LogP) is 2.48. The lowest BCUT2D eigenvalue weighted by Gasteiger charge is -2.22. The summed E-state index contributed by atoms with van der Waals surface area (Å²) in [4.78, 5) is 6.87. The van der Waals surface area contributed by atoms with Crippen molar-refractivity contribution < 1.29 is 9.47 Å². The van der Waals surface area contributed by atoms with Gasteiger partial charge >= 0.3 is 0 Å². The summed E-state index contributed by atoms with van der Waals surface area (Å²) in [5.74, 6) is 1.53. The van der Waals surface area contributed by atoms with E-state index < -0.39 is 0 Å². The molecule has 2 heterocycles. The number of ether oxygens (including phenoxy) is 2. The standard InChI is InChI=1S/C18H32N4O2.HI/c1-4-19-18(22(3)13-17-7-5-10-21(17)2)20-9-6-11-23-14-16-8-12-24-15-16;/h5,7,10,16H,4,6,8-9,11-15H2,1-3H3,(H,19,20);1H. The van der Waals surface area contributed by atoms with E-state index >= 15 is 0 Å². The first-order valence-corrected chi connectivity index (χ1v) is 8.95. The van der Waals surface area contributed by atoms with Gasteiger partial charge in [-0.15, -0.1) is 24.0 Å².